The van der Waals surface area contributed by atoms with E-state index in [1.165, 1.54) is 5.56 Å². The van der Waals surface area contributed by atoms with Crippen LogP contribution in [0.1, 0.15) is 70.5 Å². The molecule has 0 spiro atoms. The molecule has 33 heavy (non-hydrogen) atoms. The van der Waals surface area contributed by atoms with Crippen LogP contribution < -0.4 is 0 Å². The maximum atomic E-state index is 6.67. The lowest BCUT2D eigenvalue weighted by Crippen LogP contribution is -2.45. The number of nitrogens with one attached hydrogen (secondary N) is 1. The van der Waals surface area contributed by atoms with Gasteiger partial charge in [0.15, 0.2) is 5.65 Å². The highest BCUT2D eigenvalue weighted by Gasteiger charge is 2.51. The normalized spacial score (nSPS) is 25.8. The number of pyridine rings is 1. The van der Waals surface area contributed by atoms with Crippen LogP contribution in [-0.4, -0.2) is 54.6 Å². The van der Waals surface area contributed by atoms with Gasteiger partial charge in [0.05, 0.1) is 17.9 Å². The van der Waals surface area contributed by atoms with Crippen molar-refractivity contribution in [2.45, 2.75) is 84.0 Å². The highest BCUT2D eigenvalue weighted by atomic mass is 16.5. The van der Waals surface area contributed by atoms with Crippen molar-refractivity contribution in [3.05, 3.63) is 47.9 Å². The summed E-state index contributed by atoms with van der Waals surface area (Å²) in [5, 5.41) is 0. The first-order chi connectivity index (χ1) is 15.7. The molecule has 7 nitrogen and oxygen atoms in total. The van der Waals surface area contributed by atoms with Gasteiger partial charge in [0.2, 0.25) is 0 Å². The summed E-state index contributed by atoms with van der Waals surface area (Å²) in [6, 6.07) is 4.35. The average molecular weight is 449 g/mol. The molecule has 3 aromatic heterocycles. The van der Waals surface area contributed by atoms with Gasteiger partial charge in [0, 0.05) is 35.8 Å². The van der Waals surface area contributed by atoms with E-state index in [0.717, 1.165) is 67.9 Å². The SMILES string of the molecule is Cc1ccc(C(C)(C)N2CC[C@@](CCc3nc4ncncc4[nH]3)([C@H]3CCC(C)(C)O3)C2)cn1. The van der Waals surface area contributed by atoms with Crippen LogP contribution in [0.3, 0.4) is 0 Å². The highest BCUT2D eigenvalue weighted by molar-refractivity contribution is 5.68. The molecule has 0 saturated carbocycles. The van der Waals surface area contributed by atoms with Crippen molar-refractivity contribution in [3.63, 3.8) is 0 Å². The molecule has 2 atom stereocenters. The maximum Gasteiger partial charge on any atom is 0.180 e. The molecule has 2 aliphatic rings. The lowest BCUT2D eigenvalue weighted by Gasteiger charge is -2.40. The molecule has 0 radical (unpaired) electrons. The van der Waals surface area contributed by atoms with E-state index in [-0.39, 0.29) is 22.7 Å². The Kier molecular flexibility index (Phi) is 5.52. The predicted octanol–water partition coefficient (Wildman–Crippen LogP) is 4.57. The predicted molar refractivity (Wildman–Crippen MR) is 129 cm³/mol. The minimum atomic E-state index is -0.0779. The number of aromatic amines is 1. The molecule has 0 bridgehead atoms. The molecule has 7 heteroatoms. The Labute approximate surface area is 196 Å². The van der Waals surface area contributed by atoms with Crippen LogP contribution in [0.2, 0.25) is 0 Å². The Morgan fingerprint density at radius 1 is 1.18 bits per heavy atom. The third kappa shape index (κ3) is 4.28. The number of nitrogens with zero attached hydrogens (tertiary/aromatic N) is 5. The smallest absolute Gasteiger partial charge is 0.180 e. The van der Waals surface area contributed by atoms with Gasteiger partial charge in [0.1, 0.15) is 17.7 Å². The fourth-order valence-electron chi connectivity index (χ4n) is 5.72. The standard InChI is InChI=1S/C26H36N6O/c1-18-6-7-19(14-28-18)25(4,5)32-13-12-26(16-32,21-8-10-24(2,3)33-21)11-9-22-30-20-15-27-17-29-23(20)31-22/h6-7,14-15,17,21H,8-13,16H2,1-5H3,(H,27,29,30,31)/t21-,26-/m1/s1. The van der Waals surface area contributed by atoms with Crippen LogP contribution in [0.4, 0.5) is 0 Å². The molecule has 0 amide bonds. The number of aromatic nitrogens is 5. The molecule has 2 saturated heterocycles. The topological polar surface area (TPSA) is 79.8 Å². The lowest BCUT2D eigenvalue weighted by atomic mass is 9.75. The molecule has 0 unspecified atom stereocenters. The minimum Gasteiger partial charge on any atom is -0.372 e. The molecule has 2 fully saturated rings. The second-order valence-corrected chi connectivity index (χ2v) is 11.1. The largest absolute Gasteiger partial charge is 0.372 e. The number of H-pyrrole nitrogens is 1. The van der Waals surface area contributed by atoms with Crippen LogP contribution in [0, 0.1) is 12.3 Å². The zero-order valence-electron chi connectivity index (χ0n) is 20.6. The van der Waals surface area contributed by atoms with Crippen molar-refractivity contribution in [1.82, 2.24) is 29.8 Å². The molecule has 2 aliphatic heterocycles. The fourth-order valence-corrected chi connectivity index (χ4v) is 5.72. The lowest BCUT2D eigenvalue weighted by molar-refractivity contribution is -0.0789. The Hall–Kier alpha value is -2.38. The number of ether oxygens (including phenoxy) is 1. The zero-order valence-corrected chi connectivity index (χ0v) is 20.6. The number of hydrogen-bond donors (Lipinski definition) is 1. The van der Waals surface area contributed by atoms with Crippen molar-refractivity contribution in [3.8, 4) is 0 Å². The van der Waals surface area contributed by atoms with Gasteiger partial charge >= 0.3 is 0 Å². The highest BCUT2D eigenvalue weighted by Crippen LogP contribution is 2.49. The first-order valence-electron chi connectivity index (χ1n) is 12.2. The quantitative estimate of drug-likeness (QED) is 0.595. The van der Waals surface area contributed by atoms with Gasteiger partial charge in [-0.15, -0.1) is 0 Å². The molecule has 176 valence electrons. The van der Waals surface area contributed by atoms with Crippen LogP contribution in [0.25, 0.3) is 11.2 Å². The number of hydrogen-bond acceptors (Lipinski definition) is 6. The number of aryl methyl sites for hydroxylation is 2. The Balaban J connectivity index is 1.39. The summed E-state index contributed by atoms with van der Waals surface area (Å²) >= 11 is 0. The van der Waals surface area contributed by atoms with E-state index < -0.39 is 0 Å². The first-order valence-corrected chi connectivity index (χ1v) is 12.2. The summed E-state index contributed by atoms with van der Waals surface area (Å²) in [6.07, 6.45) is 11.0. The Bertz CT molecular complexity index is 1090. The summed E-state index contributed by atoms with van der Waals surface area (Å²) in [4.78, 5) is 23.7. The minimum absolute atomic E-state index is 0.0452. The van der Waals surface area contributed by atoms with Crippen molar-refractivity contribution in [1.29, 1.82) is 0 Å². The second-order valence-electron chi connectivity index (χ2n) is 11.1. The first kappa shape index (κ1) is 22.4. The van der Waals surface area contributed by atoms with Gasteiger partial charge in [0.25, 0.3) is 0 Å². The molecule has 0 aliphatic carbocycles. The van der Waals surface area contributed by atoms with Crippen molar-refractivity contribution >= 4 is 11.2 Å². The molecular weight excluding hydrogens is 412 g/mol. The van der Waals surface area contributed by atoms with Crippen LogP contribution in [0.5, 0.6) is 0 Å². The molecule has 5 rings (SSSR count). The average Bonchev–Trinajstić information content (AvgIpc) is 3.49. The van der Waals surface area contributed by atoms with Gasteiger partial charge in [-0.05, 0) is 78.5 Å². The summed E-state index contributed by atoms with van der Waals surface area (Å²) in [6.45, 7) is 13.2. The molecule has 0 aromatic carbocycles. The molecule has 5 heterocycles. The monoisotopic (exact) mass is 448 g/mol. The number of likely N-dealkylation sites (tertiary alicyclic amines) is 1. The van der Waals surface area contributed by atoms with Crippen LogP contribution in [0.15, 0.2) is 30.9 Å². The Morgan fingerprint density at radius 3 is 2.73 bits per heavy atom. The van der Waals surface area contributed by atoms with Gasteiger partial charge in [-0.2, -0.15) is 0 Å². The van der Waals surface area contributed by atoms with E-state index in [9.17, 15) is 0 Å². The second kappa shape index (κ2) is 8.13. The van der Waals surface area contributed by atoms with Crippen molar-refractivity contribution in [2.75, 3.05) is 13.1 Å². The van der Waals surface area contributed by atoms with E-state index in [2.05, 4.69) is 64.7 Å². The number of rotatable bonds is 6. The summed E-state index contributed by atoms with van der Waals surface area (Å²) < 4.78 is 6.67. The van der Waals surface area contributed by atoms with Gasteiger partial charge < -0.3 is 9.72 Å². The maximum absolute atomic E-state index is 6.67. The summed E-state index contributed by atoms with van der Waals surface area (Å²) in [7, 11) is 0. The van der Waals surface area contributed by atoms with E-state index in [0.29, 0.717) is 0 Å². The van der Waals surface area contributed by atoms with Gasteiger partial charge in [-0.1, -0.05) is 6.07 Å². The van der Waals surface area contributed by atoms with E-state index in [1.54, 1.807) is 12.5 Å². The number of fused-ring (bicyclic) bond motifs is 1. The third-order valence-electron chi connectivity index (χ3n) is 8.02. The zero-order chi connectivity index (χ0) is 23.3. The van der Waals surface area contributed by atoms with Gasteiger partial charge in [-0.25, -0.2) is 15.0 Å². The van der Waals surface area contributed by atoms with E-state index in [1.807, 2.05) is 13.1 Å². The van der Waals surface area contributed by atoms with E-state index in [4.69, 9.17) is 9.72 Å². The molecule has 1 N–H and O–H groups in total. The van der Waals surface area contributed by atoms with Crippen LogP contribution in [-0.2, 0) is 16.7 Å². The summed E-state index contributed by atoms with van der Waals surface area (Å²) in [5.41, 5.74) is 3.96. The third-order valence-corrected chi connectivity index (χ3v) is 8.02. The number of imidazole rings is 1. The fraction of sp³-hybridized carbons (Fsp3) is 0.615. The van der Waals surface area contributed by atoms with Crippen molar-refractivity contribution in [2.24, 2.45) is 5.41 Å². The summed E-state index contributed by atoms with van der Waals surface area (Å²) in [5.74, 6) is 0.988. The van der Waals surface area contributed by atoms with Crippen LogP contribution >= 0.6 is 0 Å². The van der Waals surface area contributed by atoms with Crippen molar-refractivity contribution < 1.29 is 4.74 Å². The molecular formula is C26H36N6O. The van der Waals surface area contributed by atoms with Gasteiger partial charge in [-0.3, -0.25) is 9.88 Å². The van der Waals surface area contributed by atoms with E-state index >= 15 is 0 Å². The Morgan fingerprint density at radius 2 is 2.03 bits per heavy atom. The molecule has 3 aromatic rings.